The van der Waals surface area contributed by atoms with Gasteiger partial charge in [0.25, 0.3) is 0 Å². The average molecular weight is 360 g/mol. The number of piperidine rings is 1. The molecule has 2 N–H and O–H groups in total. The minimum Gasteiger partial charge on any atom is -0.481 e. The molecule has 0 aromatic heterocycles. The largest absolute Gasteiger partial charge is 0.481 e. The van der Waals surface area contributed by atoms with E-state index in [1.807, 2.05) is 18.2 Å². The second-order valence-electron chi connectivity index (χ2n) is 7.39. The Morgan fingerprint density at radius 3 is 2.65 bits per heavy atom. The molecule has 0 aliphatic carbocycles. The van der Waals surface area contributed by atoms with E-state index >= 15 is 0 Å². The fraction of sp³-hybridized carbons (Fsp3) is 0.600. The molecule has 2 fully saturated rings. The van der Waals surface area contributed by atoms with E-state index in [2.05, 4.69) is 22.3 Å². The van der Waals surface area contributed by atoms with Crippen molar-refractivity contribution in [3.8, 4) is 0 Å². The quantitative estimate of drug-likeness (QED) is 0.694. The topological polar surface area (TPSA) is 78.9 Å². The second kappa shape index (κ2) is 8.64. The Kier molecular flexibility index (Phi) is 6.27. The van der Waals surface area contributed by atoms with Gasteiger partial charge in [0.1, 0.15) is 0 Å². The first-order chi connectivity index (χ1) is 12.6. The average Bonchev–Trinajstić information content (AvgIpc) is 2.97. The van der Waals surface area contributed by atoms with Crippen LogP contribution in [0.1, 0.15) is 37.7 Å². The number of benzene rings is 1. The third-order valence-electron chi connectivity index (χ3n) is 5.62. The highest BCUT2D eigenvalue weighted by molar-refractivity contribution is 5.88. The van der Waals surface area contributed by atoms with Crippen molar-refractivity contribution in [2.24, 2.45) is 5.92 Å². The summed E-state index contributed by atoms with van der Waals surface area (Å²) < 4.78 is 5.71. The molecule has 3 rings (SSSR count). The molecule has 0 saturated carbocycles. The van der Waals surface area contributed by atoms with Crippen LogP contribution >= 0.6 is 0 Å². The van der Waals surface area contributed by atoms with Gasteiger partial charge in [-0.15, -0.1) is 0 Å². The minimum atomic E-state index is -0.854. The number of unbranched alkanes of at least 4 members (excludes halogenated alkanes) is 1. The van der Waals surface area contributed by atoms with E-state index in [0.717, 1.165) is 51.9 Å². The third kappa shape index (κ3) is 4.62. The Morgan fingerprint density at radius 2 is 1.96 bits per heavy atom. The van der Waals surface area contributed by atoms with Crippen LogP contribution in [0.2, 0.25) is 0 Å². The van der Waals surface area contributed by atoms with E-state index in [4.69, 9.17) is 4.74 Å². The zero-order valence-electron chi connectivity index (χ0n) is 15.2. The highest BCUT2D eigenvalue weighted by atomic mass is 16.5. The van der Waals surface area contributed by atoms with Crippen molar-refractivity contribution in [2.45, 2.75) is 44.2 Å². The molecular formula is C20H28N2O4. The van der Waals surface area contributed by atoms with Crippen LogP contribution in [0.15, 0.2) is 30.3 Å². The molecule has 1 atom stereocenters. The summed E-state index contributed by atoms with van der Waals surface area (Å²) in [5.74, 6) is -1.56. The number of carbonyl (C=O) groups is 2. The molecule has 1 unspecified atom stereocenters. The number of likely N-dealkylation sites (tertiary alicyclic amines) is 1. The number of aliphatic carboxylic acids is 1. The third-order valence-corrected chi connectivity index (χ3v) is 5.62. The van der Waals surface area contributed by atoms with E-state index in [0.29, 0.717) is 6.61 Å². The molecule has 2 saturated heterocycles. The number of carboxylic acid groups (broad SMARTS) is 1. The number of nitrogens with one attached hydrogen (secondary N) is 1. The van der Waals surface area contributed by atoms with Gasteiger partial charge in [0.15, 0.2) is 0 Å². The van der Waals surface area contributed by atoms with Crippen molar-refractivity contribution in [1.29, 1.82) is 0 Å². The first-order valence-corrected chi connectivity index (χ1v) is 9.47. The van der Waals surface area contributed by atoms with Gasteiger partial charge in [-0.1, -0.05) is 30.3 Å². The van der Waals surface area contributed by atoms with Crippen LogP contribution in [0.25, 0.3) is 0 Å². The first-order valence-electron chi connectivity index (χ1n) is 9.47. The number of carboxylic acids is 1. The summed E-state index contributed by atoms with van der Waals surface area (Å²) in [6.07, 6.45) is 3.65. The Hall–Kier alpha value is -1.92. The number of nitrogens with zero attached hydrogens (tertiary/aromatic N) is 1. The smallest absolute Gasteiger partial charge is 0.309 e. The van der Waals surface area contributed by atoms with Crippen molar-refractivity contribution in [3.05, 3.63) is 35.9 Å². The van der Waals surface area contributed by atoms with Crippen molar-refractivity contribution in [3.63, 3.8) is 0 Å². The number of ether oxygens (including phenoxy) is 1. The van der Waals surface area contributed by atoms with E-state index in [9.17, 15) is 14.7 Å². The maximum atomic E-state index is 11.7. The van der Waals surface area contributed by atoms with Gasteiger partial charge in [-0.25, -0.2) is 0 Å². The maximum absolute atomic E-state index is 11.7. The van der Waals surface area contributed by atoms with E-state index in [-0.39, 0.29) is 12.3 Å². The molecule has 0 radical (unpaired) electrons. The molecule has 26 heavy (non-hydrogen) atoms. The zero-order chi connectivity index (χ0) is 18.4. The van der Waals surface area contributed by atoms with Gasteiger partial charge in [0.05, 0.1) is 18.1 Å². The van der Waals surface area contributed by atoms with Crippen LogP contribution < -0.4 is 5.32 Å². The van der Waals surface area contributed by atoms with Crippen molar-refractivity contribution in [2.75, 3.05) is 26.2 Å². The van der Waals surface area contributed by atoms with Gasteiger partial charge in [-0.2, -0.15) is 0 Å². The number of carbonyl (C=O) groups excluding carboxylic acids is 1. The van der Waals surface area contributed by atoms with Crippen LogP contribution in [-0.4, -0.2) is 53.7 Å². The lowest BCUT2D eigenvalue weighted by atomic mass is 9.77. The van der Waals surface area contributed by atoms with E-state index < -0.39 is 17.4 Å². The first kappa shape index (κ1) is 18.9. The summed E-state index contributed by atoms with van der Waals surface area (Å²) >= 11 is 0. The highest BCUT2D eigenvalue weighted by Gasteiger charge is 2.51. The monoisotopic (exact) mass is 360 g/mol. The highest BCUT2D eigenvalue weighted by Crippen LogP contribution is 2.36. The molecule has 2 aliphatic heterocycles. The number of rotatable bonds is 8. The Bertz CT molecular complexity index is 611. The lowest BCUT2D eigenvalue weighted by Gasteiger charge is -2.41. The standard InChI is InChI=1S/C20H28N2O4/c23-18-14-17(19(24)25)20(21-18)8-11-22(12-9-20)10-4-5-13-26-15-16-6-2-1-3-7-16/h1-3,6-7,17H,4-5,8-15H2,(H,21,23)(H,24,25). The summed E-state index contributed by atoms with van der Waals surface area (Å²) in [6, 6.07) is 10.2. The van der Waals surface area contributed by atoms with Crippen LogP contribution in [0.3, 0.4) is 0 Å². The fourth-order valence-corrected chi connectivity index (χ4v) is 4.07. The van der Waals surface area contributed by atoms with E-state index in [1.165, 1.54) is 5.56 Å². The Balaban J connectivity index is 1.32. The van der Waals surface area contributed by atoms with Gasteiger partial charge in [-0.3, -0.25) is 9.59 Å². The molecule has 1 amide bonds. The number of hydrogen-bond acceptors (Lipinski definition) is 4. The molecule has 6 heteroatoms. The van der Waals surface area contributed by atoms with E-state index in [1.54, 1.807) is 0 Å². The van der Waals surface area contributed by atoms with Crippen LogP contribution in [0.5, 0.6) is 0 Å². The van der Waals surface area contributed by atoms with Gasteiger partial charge in [0.2, 0.25) is 5.91 Å². The molecule has 2 aliphatic rings. The normalized spacial score (nSPS) is 22.5. The lowest BCUT2D eigenvalue weighted by molar-refractivity contribution is -0.144. The predicted octanol–water partition coefficient (Wildman–Crippen LogP) is 2.04. The summed E-state index contributed by atoms with van der Waals surface area (Å²) in [7, 11) is 0. The van der Waals surface area contributed by atoms with Gasteiger partial charge < -0.3 is 20.1 Å². The predicted molar refractivity (Wildman–Crippen MR) is 97.6 cm³/mol. The molecule has 1 aromatic carbocycles. The molecule has 6 nitrogen and oxygen atoms in total. The molecule has 0 bridgehead atoms. The summed E-state index contributed by atoms with van der Waals surface area (Å²) in [4.78, 5) is 25.5. The second-order valence-corrected chi connectivity index (χ2v) is 7.39. The number of hydrogen-bond donors (Lipinski definition) is 2. The minimum absolute atomic E-state index is 0.119. The van der Waals surface area contributed by atoms with Crippen LogP contribution in [0.4, 0.5) is 0 Å². The SMILES string of the molecule is O=C1CC(C(=O)O)C2(CCN(CCCCOCc3ccccc3)CC2)N1. The molecule has 1 aromatic rings. The molecular weight excluding hydrogens is 332 g/mol. The zero-order valence-corrected chi connectivity index (χ0v) is 15.2. The van der Waals surface area contributed by atoms with Gasteiger partial charge >= 0.3 is 5.97 Å². The number of amides is 1. The van der Waals surface area contributed by atoms with Crippen molar-refractivity contribution in [1.82, 2.24) is 10.2 Å². The van der Waals surface area contributed by atoms with Gasteiger partial charge in [0, 0.05) is 26.1 Å². The lowest BCUT2D eigenvalue weighted by Crippen LogP contribution is -2.55. The maximum Gasteiger partial charge on any atom is 0.309 e. The molecule has 2 heterocycles. The summed E-state index contributed by atoms with van der Waals surface area (Å²) in [6.45, 7) is 4.09. The summed E-state index contributed by atoms with van der Waals surface area (Å²) in [5.41, 5.74) is 0.665. The fourth-order valence-electron chi connectivity index (χ4n) is 4.07. The van der Waals surface area contributed by atoms with Crippen molar-refractivity contribution >= 4 is 11.9 Å². The van der Waals surface area contributed by atoms with Gasteiger partial charge in [-0.05, 0) is 37.8 Å². The Labute approximate surface area is 154 Å². The summed E-state index contributed by atoms with van der Waals surface area (Å²) in [5, 5.41) is 12.4. The van der Waals surface area contributed by atoms with Crippen molar-refractivity contribution < 1.29 is 19.4 Å². The van der Waals surface area contributed by atoms with Crippen LogP contribution in [0, 0.1) is 5.92 Å². The molecule has 142 valence electrons. The molecule has 1 spiro atoms. The van der Waals surface area contributed by atoms with Crippen LogP contribution in [-0.2, 0) is 20.9 Å². The Morgan fingerprint density at radius 1 is 1.23 bits per heavy atom.